The Morgan fingerprint density at radius 2 is 2.37 bits per heavy atom. The molecule has 0 aromatic carbocycles. The summed E-state index contributed by atoms with van der Waals surface area (Å²) in [6.07, 6.45) is 2.78. The van der Waals surface area contributed by atoms with E-state index in [9.17, 15) is 4.79 Å². The van der Waals surface area contributed by atoms with Crippen molar-refractivity contribution in [3.05, 3.63) is 23.9 Å². The van der Waals surface area contributed by atoms with E-state index in [4.69, 9.17) is 0 Å². The summed E-state index contributed by atoms with van der Waals surface area (Å²) in [5, 5.41) is 6.09. The van der Waals surface area contributed by atoms with E-state index in [1.807, 2.05) is 13.0 Å². The van der Waals surface area contributed by atoms with E-state index in [1.54, 1.807) is 12.3 Å². The maximum atomic E-state index is 12.0. The number of hydrogen-bond acceptors (Lipinski definition) is 4. The number of nitrogens with one attached hydrogen (secondary N) is 2. The Morgan fingerprint density at radius 3 is 2.95 bits per heavy atom. The highest BCUT2D eigenvalue weighted by molar-refractivity contribution is 5.94. The lowest BCUT2D eigenvalue weighted by Crippen LogP contribution is -2.30. The van der Waals surface area contributed by atoms with E-state index >= 15 is 0 Å². The molecule has 1 unspecified atom stereocenters. The summed E-state index contributed by atoms with van der Waals surface area (Å²) >= 11 is 0. The fraction of sp³-hybridized carbons (Fsp3) is 0.571. The summed E-state index contributed by atoms with van der Waals surface area (Å²) in [5.41, 5.74) is 0.619. The molecular weight excluding hydrogens is 240 g/mol. The summed E-state index contributed by atoms with van der Waals surface area (Å²) in [6.45, 7) is 5.78. The number of carbonyl (C=O) groups excluding carboxylic acids is 1. The fourth-order valence-corrected chi connectivity index (χ4v) is 2.35. The molecule has 1 aromatic rings. The molecule has 2 rings (SSSR count). The average Bonchev–Trinajstić information content (AvgIpc) is 2.83. The van der Waals surface area contributed by atoms with Gasteiger partial charge in [0.2, 0.25) is 0 Å². The third kappa shape index (κ3) is 3.92. The molecule has 0 bridgehead atoms. The number of hydrogen-bond donors (Lipinski definition) is 2. The number of anilines is 1. The highest BCUT2D eigenvalue weighted by Crippen LogP contribution is 2.13. The smallest absolute Gasteiger partial charge is 0.252 e. The van der Waals surface area contributed by atoms with Crippen LogP contribution in [0.25, 0.3) is 0 Å². The maximum Gasteiger partial charge on any atom is 0.252 e. The van der Waals surface area contributed by atoms with Crippen molar-refractivity contribution in [1.29, 1.82) is 0 Å². The SMILES string of the molecule is CCNc1ccc(C(=O)NCC2CCN(C)C2)cn1. The van der Waals surface area contributed by atoms with E-state index in [0.29, 0.717) is 11.5 Å². The number of carbonyl (C=O) groups is 1. The number of likely N-dealkylation sites (tertiary alicyclic amines) is 1. The molecule has 1 amide bonds. The molecule has 1 fully saturated rings. The molecule has 0 radical (unpaired) electrons. The van der Waals surface area contributed by atoms with E-state index in [-0.39, 0.29) is 5.91 Å². The lowest BCUT2D eigenvalue weighted by Gasteiger charge is -2.11. The van der Waals surface area contributed by atoms with Crippen molar-refractivity contribution in [2.45, 2.75) is 13.3 Å². The van der Waals surface area contributed by atoms with Crippen molar-refractivity contribution in [3.63, 3.8) is 0 Å². The molecule has 5 nitrogen and oxygen atoms in total. The number of pyridine rings is 1. The van der Waals surface area contributed by atoms with Crippen LogP contribution in [0.2, 0.25) is 0 Å². The number of amides is 1. The Labute approximate surface area is 114 Å². The van der Waals surface area contributed by atoms with Crippen molar-refractivity contribution in [2.24, 2.45) is 5.92 Å². The molecule has 1 saturated heterocycles. The van der Waals surface area contributed by atoms with Crippen molar-refractivity contribution < 1.29 is 4.79 Å². The topological polar surface area (TPSA) is 57.3 Å². The van der Waals surface area contributed by atoms with Crippen LogP contribution in [0, 0.1) is 5.92 Å². The van der Waals surface area contributed by atoms with Crippen molar-refractivity contribution in [1.82, 2.24) is 15.2 Å². The van der Waals surface area contributed by atoms with E-state index in [1.165, 1.54) is 0 Å². The average molecular weight is 262 g/mol. The van der Waals surface area contributed by atoms with Crippen LogP contribution >= 0.6 is 0 Å². The largest absolute Gasteiger partial charge is 0.370 e. The van der Waals surface area contributed by atoms with Gasteiger partial charge in [-0.2, -0.15) is 0 Å². The van der Waals surface area contributed by atoms with Gasteiger partial charge in [-0.3, -0.25) is 4.79 Å². The van der Waals surface area contributed by atoms with Crippen LogP contribution < -0.4 is 10.6 Å². The minimum absolute atomic E-state index is 0.0369. The number of nitrogens with zero attached hydrogens (tertiary/aromatic N) is 2. The summed E-state index contributed by atoms with van der Waals surface area (Å²) in [4.78, 5) is 18.5. The van der Waals surface area contributed by atoms with Crippen molar-refractivity contribution >= 4 is 11.7 Å². The van der Waals surface area contributed by atoms with Gasteiger partial charge in [-0.25, -0.2) is 4.98 Å². The summed E-state index contributed by atoms with van der Waals surface area (Å²) in [7, 11) is 2.12. The molecule has 1 aliphatic heterocycles. The molecule has 5 heteroatoms. The molecule has 1 aromatic heterocycles. The first-order valence-corrected chi connectivity index (χ1v) is 6.85. The molecule has 19 heavy (non-hydrogen) atoms. The predicted molar refractivity (Wildman–Crippen MR) is 76.3 cm³/mol. The lowest BCUT2D eigenvalue weighted by atomic mass is 10.1. The second-order valence-corrected chi connectivity index (χ2v) is 5.09. The lowest BCUT2D eigenvalue weighted by molar-refractivity contribution is 0.0947. The second kappa shape index (κ2) is 6.52. The van der Waals surface area contributed by atoms with Gasteiger partial charge in [0, 0.05) is 25.8 Å². The van der Waals surface area contributed by atoms with Crippen molar-refractivity contribution in [3.8, 4) is 0 Å². The van der Waals surface area contributed by atoms with E-state index < -0.39 is 0 Å². The van der Waals surface area contributed by atoms with Crippen molar-refractivity contribution in [2.75, 3.05) is 38.5 Å². The van der Waals surface area contributed by atoms with E-state index in [0.717, 1.165) is 38.4 Å². The van der Waals surface area contributed by atoms with Gasteiger partial charge in [-0.05, 0) is 45.0 Å². The molecule has 1 aliphatic rings. The summed E-state index contributed by atoms with van der Waals surface area (Å²) in [5.74, 6) is 1.34. The zero-order valence-corrected chi connectivity index (χ0v) is 11.6. The van der Waals surface area contributed by atoms with Crippen LogP contribution in [0.1, 0.15) is 23.7 Å². The molecule has 0 spiro atoms. The third-order valence-electron chi connectivity index (χ3n) is 3.42. The predicted octanol–water partition coefficient (Wildman–Crippen LogP) is 1.19. The van der Waals surface area contributed by atoms with Gasteiger partial charge in [0.25, 0.3) is 5.91 Å². The first-order valence-electron chi connectivity index (χ1n) is 6.85. The first kappa shape index (κ1) is 13.8. The minimum atomic E-state index is -0.0369. The fourth-order valence-electron chi connectivity index (χ4n) is 2.35. The molecule has 1 atom stereocenters. The highest BCUT2D eigenvalue weighted by atomic mass is 16.1. The van der Waals surface area contributed by atoms with Gasteiger partial charge in [0.05, 0.1) is 5.56 Å². The minimum Gasteiger partial charge on any atom is -0.370 e. The highest BCUT2D eigenvalue weighted by Gasteiger charge is 2.19. The molecular formula is C14H22N4O. The standard InChI is InChI=1S/C14H22N4O/c1-3-15-13-5-4-12(9-16-13)14(19)17-8-11-6-7-18(2)10-11/h4-5,9,11H,3,6-8,10H2,1-2H3,(H,15,16)(H,17,19). The zero-order valence-electron chi connectivity index (χ0n) is 11.6. The molecule has 2 N–H and O–H groups in total. The number of aromatic nitrogens is 1. The molecule has 0 aliphatic carbocycles. The molecule has 2 heterocycles. The maximum absolute atomic E-state index is 12.0. The van der Waals surface area contributed by atoms with Gasteiger partial charge in [-0.15, -0.1) is 0 Å². The Bertz CT molecular complexity index is 418. The normalized spacial score (nSPS) is 19.4. The van der Waals surface area contributed by atoms with Gasteiger partial charge < -0.3 is 15.5 Å². The molecule has 104 valence electrons. The number of rotatable bonds is 5. The Balaban J connectivity index is 1.82. The van der Waals surface area contributed by atoms with Gasteiger partial charge in [0.1, 0.15) is 5.82 Å². The van der Waals surface area contributed by atoms with Crippen LogP contribution in [-0.4, -0.2) is 49.0 Å². The summed E-state index contributed by atoms with van der Waals surface area (Å²) < 4.78 is 0. The summed E-state index contributed by atoms with van der Waals surface area (Å²) in [6, 6.07) is 3.64. The Kier molecular flexibility index (Phi) is 4.74. The van der Waals surface area contributed by atoms with Crippen LogP contribution in [0.3, 0.4) is 0 Å². The zero-order chi connectivity index (χ0) is 13.7. The second-order valence-electron chi connectivity index (χ2n) is 5.09. The van der Waals surface area contributed by atoms with Crippen LogP contribution in [0.15, 0.2) is 18.3 Å². The van der Waals surface area contributed by atoms with Crippen LogP contribution in [0.5, 0.6) is 0 Å². The van der Waals surface area contributed by atoms with Gasteiger partial charge in [-0.1, -0.05) is 0 Å². The Hall–Kier alpha value is -1.62. The molecule has 0 saturated carbocycles. The van der Waals surface area contributed by atoms with E-state index in [2.05, 4.69) is 27.6 Å². The first-order chi connectivity index (χ1) is 9.19. The quantitative estimate of drug-likeness (QED) is 0.837. The van der Waals surface area contributed by atoms with Gasteiger partial charge in [0.15, 0.2) is 0 Å². The third-order valence-corrected chi connectivity index (χ3v) is 3.42. The monoisotopic (exact) mass is 262 g/mol. The van der Waals surface area contributed by atoms with Crippen LogP contribution in [-0.2, 0) is 0 Å². The van der Waals surface area contributed by atoms with Crippen LogP contribution in [0.4, 0.5) is 5.82 Å². The van der Waals surface area contributed by atoms with Gasteiger partial charge >= 0.3 is 0 Å². The Morgan fingerprint density at radius 1 is 1.53 bits per heavy atom.